The van der Waals surface area contributed by atoms with E-state index in [0.717, 1.165) is 0 Å². The van der Waals surface area contributed by atoms with Gasteiger partial charge in [0.25, 0.3) is 0 Å². The number of carbonyl (C=O) groups is 2. The van der Waals surface area contributed by atoms with Crippen molar-refractivity contribution in [2.24, 2.45) is 0 Å². The first-order valence-electron chi connectivity index (χ1n) is 1.36. The zero-order valence-corrected chi connectivity index (χ0v) is 5.31. The second-order valence-electron chi connectivity index (χ2n) is 0.735. The van der Waals surface area contributed by atoms with Crippen LogP contribution in [0.2, 0.25) is 0 Å². The molecule has 0 aliphatic heterocycles. The molecule has 0 aliphatic rings. The third kappa shape index (κ3) is 5.48. The van der Waals surface area contributed by atoms with Gasteiger partial charge in [0.05, 0.1) is 0 Å². The van der Waals surface area contributed by atoms with Gasteiger partial charge in [-0.3, -0.25) is 0 Å². The summed E-state index contributed by atoms with van der Waals surface area (Å²) in [5.41, 5.74) is 0. The van der Waals surface area contributed by atoms with E-state index in [-0.39, 0.29) is 0 Å². The van der Waals surface area contributed by atoms with Crippen molar-refractivity contribution in [1.29, 1.82) is 0 Å². The maximum absolute atomic E-state index is 9.48. The van der Waals surface area contributed by atoms with Crippen LogP contribution in [-0.2, 0) is 0 Å². The Morgan fingerprint density at radius 2 is 1.43 bits per heavy atom. The minimum atomic E-state index is -1.78. The second-order valence-corrected chi connectivity index (χ2v) is 3.05. The Balaban J connectivity index is 3.32. The fraction of sp³-hybridized carbons (Fsp3) is 0. The van der Waals surface area contributed by atoms with Gasteiger partial charge >= 0.3 is 44.8 Å². The van der Waals surface area contributed by atoms with Crippen molar-refractivity contribution in [3.63, 3.8) is 0 Å². The molecule has 0 rings (SSSR count). The van der Waals surface area contributed by atoms with Gasteiger partial charge in [-0.15, -0.1) is 0 Å². The molecule has 2 N–H and O–H groups in total. The normalized spacial score (nSPS) is 8.00. The van der Waals surface area contributed by atoms with E-state index in [0.29, 0.717) is 0 Å². The molecule has 0 aliphatic carbocycles. The number of carboxylic acid groups (broad SMARTS) is 2. The first kappa shape index (κ1) is 6.48. The fourth-order valence-electron chi connectivity index (χ4n) is 0.0915. The molecular formula is C2H2GeO4. The van der Waals surface area contributed by atoms with Gasteiger partial charge in [0.1, 0.15) is 0 Å². The van der Waals surface area contributed by atoms with Crippen molar-refractivity contribution in [3.8, 4) is 0 Å². The molecule has 0 spiro atoms. The standard InChI is InChI=1S/C2H2GeO4/c4-1(5)3-2(6)7/h(H,4,5)(H,6,7). The Kier molecular flexibility index (Phi) is 2.43. The Hall–Kier alpha value is -0.517. The van der Waals surface area contributed by atoms with Crippen LogP contribution >= 0.6 is 0 Å². The van der Waals surface area contributed by atoms with E-state index in [1.807, 2.05) is 0 Å². The molecule has 0 heterocycles. The summed E-state index contributed by atoms with van der Waals surface area (Å²) in [5.74, 6) is 0. The van der Waals surface area contributed by atoms with E-state index < -0.39 is 25.0 Å². The number of rotatable bonds is 2. The molecule has 0 unspecified atom stereocenters. The van der Waals surface area contributed by atoms with Crippen molar-refractivity contribution in [2.75, 3.05) is 0 Å². The van der Waals surface area contributed by atoms with Gasteiger partial charge in [-0.05, 0) is 0 Å². The third-order valence-corrected chi connectivity index (χ3v) is 1.11. The first-order valence-corrected chi connectivity index (χ1v) is 3.45. The van der Waals surface area contributed by atoms with Crippen molar-refractivity contribution in [1.82, 2.24) is 0 Å². The summed E-state index contributed by atoms with van der Waals surface area (Å²) in [6, 6.07) is 0. The van der Waals surface area contributed by atoms with Crippen molar-refractivity contribution in [2.45, 2.75) is 0 Å². The first-order chi connectivity index (χ1) is 3.13. The second kappa shape index (κ2) is 2.62. The van der Waals surface area contributed by atoms with E-state index in [1.54, 1.807) is 0 Å². The van der Waals surface area contributed by atoms with Crippen LogP contribution in [0.4, 0.5) is 9.59 Å². The molecule has 2 radical (unpaired) electrons. The predicted molar refractivity (Wildman–Crippen MR) is 21.8 cm³/mol. The number of hydrogen-bond acceptors (Lipinski definition) is 2. The molecule has 0 aromatic rings. The van der Waals surface area contributed by atoms with Gasteiger partial charge in [0.15, 0.2) is 0 Å². The number of hydrogen-bond donors (Lipinski definition) is 2. The molecule has 0 bridgehead atoms. The van der Waals surface area contributed by atoms with Gasteiger partial charge in [-0.2, -0.15) is 0 Å². The monoisotopic (exact) mass is 164 g/mol. The van der Waals surface area contributed by atoms with Crippen LogP contribution in [0.15, 0.2) is 0 Å². The maximum atomic E-state index is 9.48. The Labute approximate surface area is 45.6 Å². The molecule has 38 valence electrons. The molecule has 0 aromatic heterocycles. The summed E-state index contributed by atoms with van der Waals surface area (Å²) in [5, 5.41) is 15.5. The summed E-state index contributed by atoms with van der Waals surface area (Å²) >= 11 is -1.78. The molecule has 0 saturated carbocycles. The van der Waals surface area contributed by atoms with Crippen molar-refractivity contribution >= 4 is 25.0 Å². The van der Waals surface area contributed by atoms with Crippen LogP contribution in [0.5, 0.6) is 0 Å². The van der Waals surface area contributed by atoms with Gasteiger partial charge in [0.2, 0.25) is 0 Å². The van der Waals surface area contributed by atoms with E-state index >= 15 is 0 Å². The molecular weight excluding hydrogens is 161 g/mol. The fourth-order valence-corrected chi connectivity index (χ4v) is 0.475. The molecule has 0 fully saturated rings. The summed E-state index contributed by atoms with van der Waals surface area (Å²) in [7, 11) is 0. The predicted octanol–water partition coefficient (Wildman–Crippen LogP) is 0.0466. The van der Waals surface area contributed by atoms with Crippen LogP contribution in [0, 0.1) is 0 Å². The van der Waals surface area contributed by atoms with Crippen molar-refractivity contribution < 1.29 is 19.8 Å². The summed E-state index contributed by atoms with van der Waals surface area (Å²) < 4.78 is 0. The molecule has 0 saturated heterocycles. The van der Waals surface area contributed by atoms with Crippen LogP contribution in [0.1, 0.15) is 0 Å². The van der Waals surface area contributed by atoms with Crippen LogP contribution < -0.4 is 0 Å². The molecule has 4 nitrogen and oxygen atoms in total. The molecule has 7 heavy (non-hydrogen) atoms. The van der Waals surface area contributed by atoms with Crippen molar-refractivity contribution in [3.05, 3.63) is 0 Å². The molecule has 5 heteroatoms. The van der Waals surface area contributed by atoms with E-state index in [2.05, 4.69) is 0 Å². The topological polar surface area (TPSA) is 74.6 Å². The molecule has 0 aromatic carbocycles. The zero-order valence-electron chi connectivity index (χ0n) is 3.21. The van der Waals surface area contributed by atoms with E-state index in [1.165, 1.54) is 0 Å². The zero-order chi connectivity index (χ0) is 5.86. The summed E-state index contributed by atoms with van der Waals surface area (Å²) in [6.45, 7) is 0. The van der Waals surface area contributed by atoms with E-state index in [9.17, 15) is 9.59 Å². The van der Waals surface area contributed by atoms with Gasteiger partial charge in [-0.25, -0.2) is 0 Å². The quantitative estimate of drug-likeness (QED) is 0.563. The Morgan fingerprint density at radius 3 is 1.43 bits per heavy atom. The van der Waals surface area contributed by atoms with Crippen LogP contribution in [0.25, 0.3) is 0 Å². The summed E-state index contributed by atoms with van der Waals surface area (Å²) in [6.07, 6.45) is 0. The SMILES string of the molecule is O=[C](O)[Ge][C](=O)O. The van der Waals surface area contributed by atoms with Crippen LogP contribution in [0.3, 0.4) is 0 Å². The van der Waals surface area contributed by atoms with Gasteiger partial charge in [-0.1, -0.05) is 0 Å². The third-order valence-electron chi connectivity index (χ3n) is 0.214. The average molecular weight is 163 g/mol. The molecule has 0 amide bonds. The van der Waals surface area contributed by atoms with E-state index in [4.69, 9.17) is 10.2 Å². The van der Waals surface area contributed by atoms with Gasteiger partial charge in [0, 0.05) is 0 Å². The summed E-state index contributed by atoms with van der Waals surface area (Å²) in [4.78, 5) is 16.6. The Bertz CT molecular complexity index is 85.9. The average Bonchev–Trinajstić information content (AvgIpc) is 1.27. The minimum absolute atomic E-state index is 1.19. The van der Waals surface area contributed by atoms with Crippen LogP contribution in [-0.4, -0.2) is 35.2 Å². The molecule has 0 atom stereocenters. The van der Waals surface area contributed by atoms with Gasteiger partial charge < -0.3 is 0 Å². The Morgan fingerprint density at radius 1 is 1.14 bits per heavy atom.